The van der Waals surface area contributed by atoms with Crippen LogP contribution in [0.15, 0.2) is 35.3 Å². The summed E-state index contributed by atoms with van der Waals surface area (Å²) in [5.41, 5.74) is 3.29. The van der Waals surface area contributed by atoms with Gasteiger partial charge in [0.05, 0.1) is 18.6 Å². The normalized spacial score (nSPS) is 11.0. The first-order valence-corrected chi connectivity index (χ1v) is 8.39. The molecule has 0 atom stereocenters. The number of ketones is 1. The van der Waals surface area contributed by atoms with Crippen molar-refractivity contribution in [3.8, 4) is 0 Å². The molecule has 2 rings (SSSR count). The molecular formula is C20H23F2N3O. The second-order valence-corrected chi connectivity index (χ2v) is 6.21. The molecule has 0 amide bonds. The number of benzene rings is 2. The fourth-order valence-corrected chi connectivity index (χ4v) is 2.42. The minimum Gasteiger partial charge on any atom is -0.377 e. The lowest BCUT2D eigenvalue weighted by Gasteiger charge is -2.12. The van der Waals surface area contributed by atoms with Crippen LogP contribution in [-0.2, 0) is 0 Å². The summed E-state index contributed by atoms with van der Waals surface area (Å²) in [5, 5.41) is 2.77. The van der Waals surface area contributed by atoms with E-state index in [4.69, 9.17) is 0 Å². The molecule has 0 aliphatic rings. The average molecular weight is 359 g/mol. The second kappa shape index (κ2) is 8.56. The topological polar surface area (TPSA) is 44.7 Å². The zero-order valence-corrected chi connectivity index (χ0v) is 15.4. The van der Waals surface area contributed by atoms with Gasteiger partial charge in [-0.2, -0.15) is 0 Å². The standard InChI is InChI=1S/C20H23F2N3O/c1-5-25(4)12-24-19-7-13(2)18(6-14(19)3)20(26)11-23-17-9-15(21)8-16(22)10-17/h6-10,12,23H,5,11H2,1-4H3/b24-12-. The highest BCUT2D eigenvalue weighted by Gasteiger charge is 2.12. The maximum atomic E-state index is 13.2. The number of hydrogen-bond donors (Lipinski definition) is 1. The summed E-state index contributed by atoms with van der Waals surface area (Å²) in [6.45, 7) is 6.57. The molecule has 138 valence electrons. The fourth-order valence-electron chi connectivity index (χ4n) is 2.42. The Morgan fingerprint density at radius 3 is 2.38 bits per heavy atom. The van der Waals surface area contributed by atoms with E-state index in [-0.39, 0.29) is 18.0 Å². The smallest absolute Gasteiger partial charge is 0.182 e. The van der Waals surface area contributed by atoms with E-state index in [1.807, 2.05) is 38.8 Å². The number of hydrogen-bond acceptors (Lipinski definition) is 3. The lowest BCUT2D eigenvalue weighted by atomic mass is 10.0. The van der Waals surface area contributed by atoms with Crippen molar-refractivity contribution in [1.82, 2.24) is 4.90 Å². The Labute approximate surface area is 152 Å². The van der Waals surface area contributed by atoms with Crippen LogP contribution < -0.4 is 5.32 Å². The predicted octanol–water partition coefficient (Wildman–Crippen LogP) is 4.49. The summed E-state index contributed by atoms with van der Waals surface area (Å²) in [6.07, 6.45) is 1.75. The molecule has 0 unspecified atom stereocenters. The van der Waals surface area contributed by atoms with Gasteiger partial charge in [0.25, 0.3) is 0 Å². The van der Waals surface area contributed by atoms with E-state index in [9.17, 15) is 13.6 Å². The number of halogens is 2. The molecule has 0 saturated heterocycles. The van der Waals surface area contributed by atoms with Crippen LogP contribution in [0.5, 0.6) is 0 Å². The number of nitrogens with zero attached hydrogens (tertiary/aromatic N) is 2. The van der Waals surface area contributed by atoms with E-state index < -0.39 is 11.6 Å². The lowest BCUT2D eigenvalue weighted by molar-refractivity contribution is 0.101. The Kier molecular flexibility index (Phi) is 6.44. The number of Topliss-reactive ketones (excluding diaryl/α,β-unsaturated/α-hetero) is 1. The van der Waals surface area contributed by atoms with E-state index in [1.165, 1.54) is 0 Å². The van der Waals surface area contributed by atoms with Gasteiger partial charge < -0.3 is 10.2 Å². The first kappa shape index (κ1) is 19.6. The van der Waals surface area contributed by atoms with Crippen molar-refractivity contribution in [3.63, 3.8) is 0 Å². The van der Waals surface area contributed by atoms with Crippen molar-refractivity contribution in [2.45, 2.75) is 20.8 Å². The van der Waals surface area contributed by atoms with E-state index in [2.05, 4.69) is 10.3 Å². The SMILES string of the molecule is CCN(C)/C=N\c1cc(C)c(C(=O)CNc2cc(F)cc(F)c2)cc1C. The van der Waals surface area contributed by atoms with Gasteiger partial charge in [-0.05, 0) is 56.2 Å². The Bertz CT molecular complexity index is 814. The molecule has 0 saturated carbocycles. The van der Waals surface area contributed by atoms with Gasteiger partial charge in [-0.3, -0.25) is 4.79 Å². The van der Waals surface area contributed by atoms with E-state index in [0.29, 0.717) is 5.56 Å². The van der Waals surface area contributed by atoms with Crippen LogP contribution in [0.25, 0.3) is 0 Å². The molecule has 0 spiro atoms. The minimum atomic E-state index is -0.689. The number of nitrogens with one attached hydrogen (secondary N) is 1. The van der Waals surface area contributed by atoms with Crippen molar-refractivity contribution in [3.05, 3.63) is 58.7 Å². The molecule has 0 radical (unpaired) electrons. The van der Waals surface area contributed by atoms with Crippen molar-refractivity contribution < 1.29 is 13.6 Å². The molecule has 0 aromatic heterocycles. The third kappa shape index (κ3) is 5.12. The molecule has 2 aromatic rings. The van der Waals surface area contributed by atoms with Crippen LogP contribution in [0.2, 0.25) is 0 Å². The molecule has 1 N–H and O–H groups in total. The number of aryl methyl sites for hydroxylation is 2. The zero-order chi connectivity index (χ0) is 19.3. The Balaban J connectivity index is 2.13. The van der Waals surface area contributed by atoms with Crippen molar-refractivity contribution in [2.75, 3.05) is 25.5 Å². The summed E-state index contributed by atoms with van der Waals surface area (Å²) in [6, 6.07) is 6.75. The molecule has 0 bridgehead atoms. The van der Waals surface area contributed by atoms with Crippen LogP contribution in [0.4, 0.5) is 20.2 Å². The monoisotopic (exact) mass is 359 g/mol. The summed E-state index contributed by atoms with van der Waals surface area (Å²) >= 11 is 0. The van der Waals surface area contributed by atoms with E-state index in [0.717, 1.165) is 41.6 Å². The maximum Gasteiger partial charge on any atom is 0.182 e. The van der Waals surface area contributed by atoms with Gasteiger partial charge >= 0.3 is 0 Å². The van der Waals surface area contributed by atoms with Gasteiger partial charge in [-0.15, -0.1) is 0 Å². The molecule has 6 heteroatoms. The fraction of sp³-hybridized carbons (Fsp3) is 0.300. The third-order valence-corrected chi connectivity index (χ3v) is 4.05. The number of rotatable bonds is 7. The second-order valence-electron chi connectivity index (χ2n) is 6.21. The van der Waals surface area contributed by atoms with E-state index in [1.54, 1.807) is 12.4 Å². The summed E-state index contributed by atoms with van der Waals surface area (Å²) in [7, 11) is 1.94. The number of anilines is 1. The minimum absolute atomic E-state index is 0.0512. The van der Waals surface area contributed by atoms with Crippen LogP contribution in [0.3, 0.4) is 0 Å². The van der Waals surface area contributed by atoms with Crippen LogP contribution in [-0.4, -0.2) is 37.2 Å². The van der Waals surface area contributed by atoms with Gasteiger partial charge in [0.1, 0.15) is 11.6 Å². The van der Waals surface area contributed by atoms with Gasteiger partial charge in [-0.25, -0.2) is 13.8 Å². The molecule has 2 aromatic carbocycles. The summed E-state index contributed by atoms with van der Waals surface area (Å²) in [4.78, 5) is 18.9. The van der Waals surface area contributed by atoms with Crippen LogP contribution in [0.1, 0.15) is 28.4 Å². The quantitative estimate of drug-likeness (QED) is 0.450. The lowest BCUT2D eigenvalue weighted by Crippen LogP contribution is -2.16. The largest absolute Gasteiger partial charge is 0.377 e. The van der Waals surface area contributed by atoms with E-state index >= 15 is 0 Å². The molecule has 0 heterocycles. The number of carbonyl (C=O) groups excluding carboxylic acids is 1. The summed E-state index contributed by atoms with van der Waals surface area (Å²) in [5.74, 6) is -1.53. The highest BCUT2D eigenvalue weighted by molar-refractivity contribution is 6.00. The summed E-state index contributed by atoms with van der Waals surface area (Å²) < 4.78 is 26.4. The van der Waals surface area contributed by atoms with Crippen molar-refractivity contribution in [2.24, 2.45) is 4.99 Å². The first-order valence-electron chi connectivity index (χ1n) is 8.39. The van der Waals surface area contributed by atoms with Gasteiger partial charge in [0.15, 0.2) is 5.78 Å². The predicted molar refractivity (Wildman–Crippen MR) is 102 cm³/mol. The van der Waals surface area contributed by atoms with Gasteiger partial charge in [0.2, 0.25) is 0 Å². The zero-order valence-electron chi connectivity index (χ0n) is 15.4. The highest BCUT2D eigenvalue weighted by atomic mass is 19.1. The molecular weight excluding hydrogens is 336 g/mol. The Morgan fingerprint density at radius 2 is 1.77 bits per heavy atom. The van der Waals surface area contributed by atoms with Gasteiger partial charge in [0, 0.05) is 30.9 Å². The van der Waals surface area contributed by atoms with Crippen molar-refractivity contribution >= 4 is 23.5 Å². The molecule has 0 fully saturated rings. The third-order valence-electron chi connectivity index (χ3n) is 4.05. The highest BCUT2D eigenvalue weighted by Crippen LogP contribution is 2.24. The molecule has 4 nitrogen and oxygen atoms in total. The molecule has 0 aliphatic heterocycles. The number of carbonyl (C=O) groups is 1. The number of aliphatic imine (C=N–C) groups is 1. The van der Waals surface area contributed by atoms with Crippen molar-refractivity contribution in [1.29, 1.82) is 0 Å². The van der Waals surface area contributed by atoms with Gasteiger partial charge in [-0.1, -0.05) is 0 Å². The Morgan fingerprint density at radius 1 is 1.12 bits per heavy atom. The van der Waals surface area contributed by atoms with Crippen LogP contribution in [0, 0.1) is 25.5 Å². The molecule has 26 heavy (non-hydrogen) atoms. The molecule has 0 aliphatic carbocycles. The van der Waals surface area contributed by atoms with Crippen LogP contribution >= 0.6 is 0 Å². The maximum absolute atomic E-state index is 13.2. The average Bonchev–Trinajstić information content (AvgIpc) is 2.58. The first-order chi connectivity index (χ1) is 12.3. The Hall–Kier alpha value is -2.76.